The third kappa shape index (κ3) is 2.81. The maximum Gasteiger partial charge on any atom is 0.309 e. The summed E-state index contributed by atoms with van der Waals surface area (Å²) in [7, 11) is 0. The Morgan fingerprint density at radius 2 is 2.19 bits per heavy atom. The van der Waals surface area contributed by atoms with Gasteiger partial charge < -0.3 is 15.3 Å². The Morgan fingerprint density at radius 1 is 1.33 bits per heavy atom. The van der Waals surface area contributed by atoms with E-state index in [1.807, 2.05) is 18.2 Å². The molecule has 0 bridgehead atoms. The molecular weight excluding hydrogens is 272 g/mol. The molecule has 0 aliphatic rings. The molecule has 3 aromatic rings. The summed E-state index contributed by atoms with van der Waals surface area (Å²) in [5, 5.41) is 12.8. The van der Waals surface area contributed by atoms with E-state index in [1.165, 1.54) is 0 Å². The normalized spacial score (nSPS) is 10.9. The van der Waals surface area contributed by atoms with Crippen LogP contribution in [-0.2, 0) is 11.3 Å². The first-order valence-electron chi connectivity index (χ1n) is 6.36. The molecule has 0 aliphatic carbocycles. The average molecular weight is 285 g/mol. The summed E-state index contributed by atoms with van der Waals surface area (Å²) >= 11 is 0. The molecule has 0 unspecified atom stereocenters. The van der Waals surface area contributed by atoms with Crippen molar-refractivity contribution in [3.05, 3.63) is 36.7 Å². The monoisotopic (exact) mass is 285 g/mol. The average Bonchev–Trinajstić information content (AvgIpc) is 2.84. The SMILES string of the molecule is Nc1nc2cc(-c3cc[n+](CCC(=O)O)nc3)ccc2o1. The minimum atomic E-state index is -0.845. The number of fused-ring (bicyclic) bond motifs is 1. The van der Waals surface area contributed by atoms with Crippen molar-refractivity contribution in [2.24, 2.45) is 0 Å². The van der Waals surface area contributed by atoms with Gasteiger partial charge in [-0.3, -0.25) is 4.79 Å². The van der Waals surface area contributed by atoms with E-state index in [9.17, 15) is 4.79 Å². The highest BCUT2D eigenvalue weighted by atomic mass is 16.4. The summed E-state index contributed by atoms with van der Waals surface area (Å²) in [4.78, 5) is 14.6. The van der Waals surface area contributed by atoms with Crippen LogP contribution in [0.15, 0.2) is 41.1 Å². The minimum Gasteiger partial charge on any atom is -0.481 e. The molecule has 3 rings (SSSR count). The summed E-state index contributed by atoms with van der Waals surface area (Å²) in [6, 6.07) is 7.58. The number of rotatable bonds is 4. The zero-order valence-electron chi connectivity index (χ0n) is 11.1. The van der Waals surface area contributed by atoms with Gasteiger partial charge in [0, 0.05) is 11.6 Å². The highest BCUT2D eigenvalue weighted by Crippen LogP contribution is 2.24. The minimum absolute atomic E-state index is 0.0428. The molecule has 1 aromatic carbocycles. The summed E-state index contributed by atoms with van der Waals surface area (Å²) < 4.78 is 6.81. The number of nitrogens with zero attached hydrogens (tertiary/aromatic N) is 3. The number of anilines is 1. The fraction of sp³-hybridized carbons (Fsp3) is 0.143. The van der Waals surface area contributed by atoms with Crippen LogP contribution in [0.4, 0.5) is 6.01 Å². The van der Waals surface area contributed by atoms with Gasteiger partial charge >= 0.3 is 5.97 Å². The molecule has 0 radical (unpaired) electrons. The standard InChI is InChI=1S/C14H12N4O3/c15-14-17-11-7-9(1-2-12(11)21-14)10-3-5-18(16-8-10)6-4-13(19)20/h1-3,5,7-8H,4,6H2,(H2-,15,17,19,20)/p+1. The first-order valence-corrected chi connectivity index (χ1v) is 6.36. The second-order valence-electron chi connectivity index (χ2n) is 4.56. The quantitative estimate of drug-likeness (QED) is 0.698. The Balaban J connectivity index is 1.86. The molecule has 21 heavy (non-hydrogen) atoms. The zero-order valence-corrected chi connectivity index (χ0v) is 11.1. The number of nitrogens with two attached hydrogens (primary N) is 1. The van der Waals surface area contributed by atoms with E-state index in [1.54, 1.807) is 23.1 Å². The molecule has 0 saturated carbocycles. The Kier molecular flexibility index (Phi) is 3.23. The van der Waals surface area contributed by atoms with Crippen molar-refractivity contribution in [3.63, 3.8) is 0 Å². The predicted octanol–water partition coefficient (Wildman–Crippen LogP) is 1.23. The number of nitrogen functional groups attached to an aromatic ring is 1. The van der Waals surface area contributed by atoms with Crippen molar-refractivity contribution in [3.8, 4) is 11.1 Å². The van der Waals surface area contributed by atoms with Crippen molar-refractivity contribution in [1.82, 2.24) is 10.1 Å². The van der Waals surface area contributed by atoms with Gasteiger partial charge in [0.15, 0.2) is 18.3 Å². The first kappa shape index (κ1) is 13.0. The molecule has 7 heteroatoms. The number of hydrogen-bond donors (Lipinski definition) is 2. The third-order valence-corrected chi connectivity index (χ3v) is 3.06. The lowest BCUT2D eigenvalue weighted by molar-refractivity contribution is -0.752. The van der Waals surface area contributed by atoms with Gasteiger partial charge in [-0.2, -0.15) is 4.98 Å². The summed E-state index contributed by atoms with van der Waals surface area (Å²) in [5.41, 5.74) is 8.68. The highest BCUT2D eigenvalue weighted by Gasteiger charge is 2.09. The van der Waals surface area contributed by atoms with Gasteiger partial charge in [-0.15, -0.1) is 0 Å². The Bertz CT molecular complexity index is 796. The van der Waals surface area contributed by atoms with Crippen molar-refractivity contribution >= 4 is 23.1 Å². The van der Waals surface area contributed by atoms with E-state index < -0.39 is 5.97 Å². The Labute approximate surface area is 119 Å². The topological polar surface area (TPSA) is 106 Å². The fourth-order valence-electron chi connectivity index (χ4n) is 2.02. The lowest BCUT2D eigenvalue weighted by Crippen LogP contribution is -2.38. The number of hydrogen-bond acceptors (Lipinski definition) is 5. The van der Waals surface area contributed by atoms with Gasteiger partial charge in [-0.25, -0.2) is 0 Å². The zero-order chi connectivity index (χ0) is 14.8. The summed E-state index contributed by atoms with van der Waals surface area (Å²) in [6.45, 7) is 0.342. The van der Waals surface area contributed by atoms with Gasteiger partial charge in [-0.05, 0) is 22.8 Å². The van der Waals surface area contributed by atoms with Crippen LogP contribution >= 0.6 is 0 Å². The van der Waals surface area contributed by atoms with Crippen LogP contribution in [0.3, 0.4) is 0 Å². The number of carboxylic acids is 1. The smallest absolute Gasteiger partial charge is 0.309 e. The van der Waals surface area contributed by atoms with Crippen LogP contribution in [0, 0.1) is 0 Å². The lowest BCUT2D eigenvalue weighted by Gasteiger charge is -1.99. The van der Waals surface area contributed by atoms with E-state index in [2.05, 4.69) is 10.1 Å². The molecule has 3 N–H and O–H groups in total. The Morgan fingerprint density at radius 3 is 2.90 bits per heavy atom. The Hall–Kier alpha value is -2.96. The van der Waals surface area contributed by atoms with Crippen LogP contribution in [0.5, 0.6) is 0 Å². The molecule has 7 nitrogen and oxygen atoms in total. The van der Waals surface area contributed by atoms with Crippen LogP contribution in [-0.4, -0.2) is 21.2 Å². The van der Waals surface area contributed by atoms with Gasteiger partial charge in [0.1, 0.15) is 18.1 Å². The predicted molar refractivity (Wildman–Crippen MR) is 74.1 cm³/mol. The molecule has 106 valence electrons. The molecule has 0 saturated heterocycles. The van der Waals surface area contributed by atoms with E-state index in [0.29, 0.717) is 17.6 Å². The van der Waals surface area contributed by atoms with E-state index >= 15 is 0 Å². The molecular formula is C14H13N4O3+. The number of benzene rings is 1. The van der Waals surface area contributed by atoms with Crippen LogP contribution in [0.1, 0.15) is 6.42 Å². The van der Waals surface area contributed by atoms with E-state index in [4.69, 9.17) is 15.3 Å². The van der Waals surface area contributed by atoms with Crippen molar-refractivity contribution in [2.75, 3.05) is 5.73 Å². The molecule has 2 heterocycles. The second kappa shape index (κ2) is 5.20. The number of carboxylic acid groups (broad SMARTS) is 1. The van der Waals surface area contributed by atoms with Crippen LogP contribution in [0.25, 0.3) is 22.2 Å². The number of oxazole rings is 1. The first-order chi connectivity index (χ1) is 10.1. The summed E-state index contributed by atoms with van der Waals surface area (Å²) in [5.74, 6) is -0.845. The third-order valence-electron chi connectivity index (χ3n) is 3.06. The highest BCUT2D eigenvalue weighted by molar-refractivity contribution is 5.81. The molecule has 0 amide bonds. The summed E-state index contributed by atoms with van der Waals surface area (Å²) in [6.07, 6.45) is 3.48. The largest absolute Gasteiger partial charge is 0.481 e. The van der Waals surface area contributed by atoms with Crippen LogP contribution < -0.4 is 10.4 Å². The number of aliphatic carboxylic acids is 1. The fourth-order valence-corrected chi connectivity index (χ4v) is 2.02. The maximum atomic E-state index is 10.5. The van der Waals surface area contributed by atoms with Crippen LogP contribution in [0.2, 0.25) is 0 Å². The molecule has 0 aliphatic heterocycles. The second-order valence-corrected chi connectivity index (χ2v) is 4.56. The number of aryl methyl sites for hydroxylation is 1. The van der Waals surface area contributed by atoms with Crippen molar-refractivity contribution in [2.45, 2.75) is 13.0 Å². The van der Waals surface area contributed by atoms with E-state index in [0.717, 1.165) is 11.1 Å². The molecule has 0 spiro atoms. The maximum absolute atomic E-state index is 10.5. The lowest BCUT2D eigenvalue weighted by atomic mass is 10.1. The van der Waals surface area contributed by atoms with E-state index in [-0.39, 0.29) is 12.4 Å². The molecule has 0 fully saturated rings. The van der Waals surface area contributed by atoms with Crippen molar-refractivity contribution in [1.29, 1.82) is 0 Å². The number of carbonyl (C=O) groups is 1. The van der Waals surface area contributed by atoms with Gasteiger partial charge in [0.05, 0.1) is 0 Å². The molecule has 2 aromatic heterocycles. The molecule has 0 atom stereocenters. The van der Waals surface area contributed by atoms with Gasteiger partial charge in [0.2, 0.25) is 0 Å². The van der Waals surface area contributed by atoms with Gasteiger partial charge in [-0.1, -0.05) is 10.7 Å². The number of aromatic nitrogens is 3. The van der Waals surface area contributed by atoms with Crippen molar-refractivity contribution < 1.29 is 19.0 Å². The van der Waals surface area contributed by atoms with Gasteiger partial charge in [0.25, 0.3) is 6.01 Å².